The molecule has 0 fully saturated rings. The van der Waals surface area contributed by atoms with Crippen LogP contribution in [0.1, 0.15) is 25.5 Å². The quantitative estimate of drug-likeness (QED) is 0.635. The average Bonchev–Trinajstić information content (AvgIpc) is 2.67. The summed E-state index contributed by atoms with van der Waals surface area (Å²) in [5.74, 6) is 0. The standard InChI is InChI=1S/C12H17N3O2/c1-7(6-16)13-8(2)9-3-4-10-11(5-9)15-12(17)14-10/h3-5,7-8,13,16H,6H2,1-2H3,(H2,14,15,17). The maximum absolute atomic E-state index is 11.1. The van der Waals surface area contributed by atoms with Crippen LogP contribution in [-0.4, -0.2) is 27.7 Å². The van der Waals surface area contributed by atoms with Gasteiger partial charge in [-0.1, -0.05) is 6.07 Å². The molecule has 1 aromatic carbocycles. The van der Waals surface area contributed by atoms with Crippen LogP contribution in [0.4, 0.5) is 0 Å². The summed E-state index contributed by atoms with van der Waals surface area (Å²) in [5, 5.41) is 12.3. The van der Waals surface area contributed by atoms with Crippen molar-refractivity contribution in [3.8, 4) is 0 Å². The molecule has 0 aliphatic heterocycles. The number of aliphatic hydroxyl groups excluding tert-OH is 1. The molecule has 0 saturated heterocycles. The van der Waals surface area contributed by atoms with E-state index >= 15 is 0 Å². The van der Waals surface area contributed by atoms with E-state index in [1.807, 2.05) is 32.0 Å². The molecule has 2 rings (SSSR count). The van der Waals surface area contributed by atoms with Gasteiger partial charge in [0, 0.05) is 12.1 Å². The Kier molecular flexibility index (Phi) is 3.31. The van der Waals surface area contributed by atoms with Crippen molar-refractivity contribution in [2.75, 3.05) is 6.61 Å². The van der Waals surface area contributed by atoms with E-state index in [4.69, 9.17) is 5.11 Å². The summed E-state index contributed by atoms with van der Waals surface area (Å²) in [6.45, 7) is 4.05. The molecule has 2 atom stereocenters. The fourth-order valence-corrected chi connectivity index (χ4v) is 1.90. The Hall–Kier alpha value is -1.59. The number of imidazole rings is 1. The number of fused-ring (bicyclic) bond motifs is 1. The fourth-order valence-electron chi connectivity index (χ4n) is 1.90. The second kappa shape index (κ2) is 4.73. The molecule has 0 saturated carbocycles. The maximum atomic E-state index is 11.1. The molecule has 0 amide bonds. The first-order chi connectivity index (χ1) is 8.10. The van der Waals surface area contributed by atoms with E-state index in [1.165, 1.54) is 0 Å². The molecule has 0 aliphatic carbocycles. The van der Waals surface area contributed by atoms with Gasteiger partial charge in [-0.25, -0.2) is 4.79 Å². The number of aromatic amines is 2. The molecule has 5 heteroatoms. The molecule has 5 nitrogen and oxygen atoms in total. The lowest BCUT2D eigenvalue weighted by Crippen LogP contribution is -2.31. The first kappa shape index (κ1) is 11.9. The number of aromatic nitrogens is 2. The van der Waals surface area contributed by atoms with Gasteiger partial charge < -0.3 is 20.4 Å². The van der Waals surface area contributed by atoms with Gasteiger partial charge in [0.15, 0.2) is 0 Å². The monoisotopic (exact) mass is 235 g/mol. The number of benzene rings is 1. The summed E-state index contributed by atoms with van der Waals surface area (Å²) < 4.78 is 0. The van der Waals surface area contributed by atoms with E-state index in [9.17, 15) is 4.79 Å². The summed E-state index contributed by atoms with van der Waals surface area (Å²) in [4.78, 5) is 16.6. The van der Waals surface area contributed by atoms with Crippen molar-refractivity contribution in [1.29, 1.82) is 0 Å². The van der Waals surface area contributed by atoms with Gasteiger partial charge in [-0.3, -0.25) is 0 Å². The molecule has 0 radical (unpaired) electrons. The number of hydrogen-bond donors (Lipinski definition) is 4. The first-order valence-corrected chi connectivity index (χ1v) is 5.69. The van der Waals surface area contributed by atoms with Gasteiger partial charge in [-0.2, -0.15) is 0 Å². The minimum atomic E-state index is -0.193. The van der Waals surface area contributed by atoms with E-state index in [0.29, 0.717) is 0 Å². The summed E-state index contributed by atoms with van der Waals surface area (Å²) in [7, 11) is 0. The van der Waals surface area contributed by atoms with Crippen molar-refractivity contribution in [3.05, 3.63) is 34.2 Å². The molecular formula is C12H17N3O2. The Morgan fingerprint density at radius 1 is 1.29 bits per heavy atom. The fraction of sp³-hybridized carbons (Fsp3) is 0.417. The molecule has 92 valence electrons. The molecular weight excluding hydrogens is 218 g/mol. The molecule has 1 aromatic heterocycles. The number of rotatable bonds is 4. The van der Waals surface area contributed by atoms with Gasteiger partial charge >= 0.3 is 5.69 Å². The zero-order valence-corrected chi connectivity index (χ0v) is 9.95. The minimum Gasteiger partial charge on any atom is -0.395 e. The van der Waals surface area contributed by atoms with E-state index < -0.39 is 0 Å². The van der Waals surface area contributed by atoms with Gasteiger partial charge in [0.2, 0.25) is 0 Å². The molecule has 2 unspecified atom stereocenters. The SMILES string of the molecule is CC(CO)NC(C)c1ccc2[nH]c(=O)[nH]c2c1. The van der Waals surface area contributed by atoms with E-state index in [2.05, 4.69) is 15.3 Å². The van der Waals surface area contributed by atoms with E-state index in [0.717, 1.165) is 16.6 Å². The Bertz CT molecular complexity index is 558. The number of hydrogen-bond acceptors (Lipinski definition) is 3. The zero-order chi connectivity index (χ0) is 12.4. The number of nitrogens with one attached hydrogen (secondary N) is 3. The smallest absolute Gasteiger partial charge is 0.323 e. The lowest BCUT2D eigenvalue weighted by atomic mass is 10.1. The summed E-state index contributed by atoms with van der Waals surface area (Å²) >= 11 is 0. The molecule has 4 N–H and O–H groups in total. The molecule has 0 aliphatic rings. The zero-order valence-electron chi connectivity index (χ0n) is 9.95. The van der Waals surface area contributed by atoms with E-state index in [1.54, 1.807) is 0 Å². The van der Waals surface area contributed by atoms with Crippen LogP contribution in [0.15, 0.2) is 23.0 Å². The van der Waals surface area contributed by atoms with Crippen LogP contribution in [-0.2, 0) is 0 Å². The Morgan fingerprint density at radius 2 is 2.00 bits per heavy atom. The van der Waals surface area contributed by atoms with E-state index in [-0.39, 0.29) is 24.4 Å². The van der Waals surface area contributed by atoms with Crippen LogP contribution in [0.25, 0.3) is 11.0 Å². The predicted molar refractivity (Wildman–Crippen MR) is 67.0 cm³/mol. The highest BCUT2D eigenvalue weighted by Gasteiger charge is 2.09. The Balaban J connectivity index is 2.26. The Labute approximate surface area is 98.9 Å². The van der Waals surface area contributed by atoms with Gasteiger partial charge in [-0.15, -0.1) is 0 Å². The third kappa shape index (κ3) is 2.57. The van der Waals surface area contributed by atoms with Gasteiger partial charge in [-0.05, 0) is 31.5 Å². The van der Waals surface area contributed by atoms with Crippen LogP contribution in [0.5, 0.6) is 0 Å². The maximum Gasteiger partial charge on any atom is 0.323 e. The van der Waals surface area contributed by atoms with Gasteiger partial charge in [0.05, 0.1) is 17.6 Å². The van der Waals surface area contributed by atoms with Gasteiger partial charge in [0.1, 0.15) is 0 Å². The lowest BCUT2D eigenvalue weighted by Gasteiger charge is -2.18. The van der Waals surface area contributed by atoms with Crippen molar-refractivity contribution in [1.82, 2.24) is 15.3 Å². The highest BCUT2D eigenvalue weighted by molar-refractivity contribution is 5.75. The second-order valence-electron chi connectivity index (χ2n) is 4.36. The van der Waals surface area contributed by atoms with Crippen LogP contribution in [0.3, 0.4) is 0 Å². The van der Waals surface area contributed by atoms with Crippen molar-refractivity contribution in [3.63, 3.8) is 0 Å². The largest absolute Gasteiger partial charge is 0.395 e. The summed E-state index contributed by atoms with van der Waals surface area (Å²) in [6, 6.07) is 5.96. The van der Waals surface area contributed by atoms with Crippen LogP contribution in [0.2, 0.25) is 0 Å². The molecule has 0 bridgehead atoms. The first-order valence-electron chi connectivity index (χ1n) is 5.69. The van der Waals surface area contributed by atoms with Crippen LogP contribution < -0.4 is 11.0 Å². The molecule has 17 heavy (non-hydrogen) atoms. The number of aliphatic hydroxyl groups is 1. The highest BCUT2D eigenvalue weighted by atomic mass is 16.3. The van der Waals surface area contributed by atoms with Crippen molar-refractivity contribution in [2.24, 2.45) is 0 Å². The molecule has 2 aromatic rings. The van der Waals surface area contributed by atoms with Gasteiger partial charge in [0.25, 0.3) is 0 Å². The van der Waals surface area contributed by atoms with Crippen molar-refractivity contribution >= 4 is 11.0 Å². The highest BCUT2D eigenvalue weighted by Crippen LogP contribution is 2.17. The minimum absolute atomic E-state index is 0.0472. The predicted octanol–water partition coefficient (Wildman–Crippen LogP) is 0.888. The lowest BCUT2D eigenvalue weighted by molar-refractivity contribution is 0.243. The summed E-state index contributed by atoms with van der Waals surface area (Å²) in [6.07, 6.45) is 0. The third-order valence-corrected chi connectivity index (χ3v) is 2.85. The van der Waals surface area contributed by atoms with Crippen molar-refractivity contribution < 1.29 is 5.11 Å². The topological polar surface area (TPSA) is 80.9 Å². The summed E-state index contributed by atoms with van der Waals surface area (Å²) in [5.41, 5.74) is 2.49. The normalized spacial score (nSPS) is 15.0. The van der Waals surface area contributed by atoms with Crippen molar-refractivity contribution in [2.45, 2.75) is 25.9 Å². The Morgan fingerprint density at radius 3 is 2.71 bits per heavy atom. The third-order valence-electron chi connectivity index (χ3n) is 2.85. The molecule has 1 heterocycles. The second-order valence-corrected chi connectivity index (χ2v) is 4.36. The molecule has 0 spiro atoms. The average molecular weight is 235 g/mol. The van der Waals surface area contributed by atoms with Crippen LogP contribution in [0, 0.1) is 0 Å². The number of H-pyrrole nitrogens is 2. The van der Waals surface area contributed by atoms with Crippen LogP contribution >= 0.6 is 0 Å².